The van der Waals surface area contributed by atoms with Crippen molar-refractivity contribution < 1.29 is 4.79 Å². The van der Waals surface area contributed by atoms with Gasteiger partial charge in [-0.25, -0.2) is 4.98 Å². The number of para-hydroxylation sites is 1. The molecule has 7 heteroatoms. The SMILES string of the molecule is O=C(CCn1cnc2sc3c(c2c1=O)CCCC3)Nc1ccccc1Cl. The zero-order valence-corrected chi connectivity index (χ0v) is 15.7. The third-order valence-electron chi connectivity index (χ3n) is 4.67. The number of nitrogens with one attached hydrogen (secondary N) is 1. The van der Waals surface area contributed by atoms with Crippen LogP contribution in [0.25, 0.3) is 10.2 Å². The molecule has 0 fully saturated rings. The third kappa shape index (κ3) is 3.27. The van der Waals surface area contributed by atoms with E-state index in [1.807, 2.05) is 6.07 Å². The summed E-state index contributed by atoms with van der Waals surface area (Å²) < 4.78 is 1.54. The van der Waals surface area contributed by atoms with Gasteiger partial charge in [0.1, 0.15) is 4.83 Å². The van der Waals surface area contributed by atoms with E-state index in [-0.39, 0.29) is 17.9 Å². The molecule has 4 rings (SSSR count). The smallest absolute Gasteiger partial charge is 0.262 e. The number of hydrogen-bond acceptors (Lipinski definition) is 4. The number of nitrogens with zero attached hydrogens (tertiary/aromatic N) is 2. The van der Waals surface area contributed by atoms with Gasteiger partial charge in [0.15, 0.2) is 0 Å². The molecule has 0 saturated heterocycles. The molecule has 1 N–H and O–H groups in total. The summed E-state index contributed by atoms with van der Waals surface area (Å²) in [6.07, 6.45) is 6.02. The summed E-state index contributed by atoms with van der Waals surface area (Å²) >= 11 is 7.68. The molecule has 0 atom stereocenters. The number of fused-ring (bicyclic) bond motifs is 3. The Labute approximate surface area is 159 Å². The summed E-state index contributed by atoms with van der Waals surface area (Å²) in [6, 6.07) is 7.08. The van der Waals surface area contributed by atoms with Crippen LogP contribution in [0.5, 0.6) is 0 Å². The van der Waals surface area contributed by atoms with Crippen LogP contribution in [-0.4, -0.2) is 15.5 Å². The van der Waals surface area contributed by atoms with Crippen molar-refractivity contribution in [2.24, 2.45) is 0 Å². The Morgan fingerprint density at radius 2 is 2.08 bits per heavy atom. The number of aromatic nitrogens is 2. The van der Waals surface area contributed by atoms with E-state index >= 15 is 0 Å². The lowest BCUT2D eigenvalue weighted by Gasteiger charge is -2.11. The van der Waals surface area contributed by atoms with E-state index < -0.39 is 0 Å². The maximum absolute atomic E-state index is 12.9. The van der Waals surface area contributed by atoms with E-state index in [0.29, 0.717) is 17.3 Å². The molecular weight excluding hydrogens is 370 g/mol. The first-order valence-electron chi connectivity index (χ1n) is 8.67. The van der Waals surface area contributed by atoms with Crippen LogP contribution in [0.3, 0.4) is 0 Å². The third-order valence-corrected chi connectivity index (χ3v) is 6.20. The molecule has 1 amide bonds. The number of carbonyl (C=O) groups excluding carboxylic acids is 1. The van der Waals surface area contributed by atoms with Crippen LogP contribution in [0.4, 0.5) is 5.69 Å². The summed E-state index contributed by atoms with van der Waals surface area (Å²) in [4.78, 5) is 31.6. The zero-order chi connectivity index (χ0) is 18.1. The minimum absolute atomic E-state index is 0.0417. The van der Waals surface area contributed by atoms with E-state index in [0.717, 1.165) is 29.5 Å². The summed E-state index contributed by atoms with van der Waals surface area (Å²) in [5.74, 6) is -0.183. The number of thiophene rings is 1. The first-order valence-corrected chi connectivity index (χ1v) is 9.87. The van der Waals surface area contributed by atoms with Gasteiger partial charge in [0.05, 0.1) is 22.4 Å². The molecule has 1 aromatic carbocycles. The number of halogens is 1. The van der Waals surface area contributed by atoms with E-state index in [9.17, 15) is 9.59 Å². The first-order chi connectivity index (χ1) is 12.6. The van der Waals surface area contributed by atoms with Gasteiger partial charge in [-0.05, 0) is 43.4 Å². The molecule has 0 bridgehead atoms. The Bertz CT molecular complexity index is 1040. The minimum Gasteiger partial charge on any atom is -0.325 e. The Morgan fingerprint density at radius 3 is 2.92 bits per heavy atom. The average Bonchev–Trinajstić information content (AvgIpc) is 3.02. The Balaban J connectivity index is 1.52. The largest absolute Gasteiger partial charge is 0.325 e. The summed E-state index contributed by atoms with van der Waals surface area (Å²) in [5, 5.41) is 4.02. The van der Waals surface area contributed by atoms with Gasteiger partial charge in [0.2, 0.25) is 5.91 Å². The molecule has 0 spiro atoms. The molecule has 0 radical (unpaired) electrons. The molecule has 134 valence electrons. The fourth-order valence-electron chi connectivity index (χ4n) is 3.34. The van der Waals surface area contributed by atoms with Gasteiger partial charge >= 0.3 is 0 Å². The second kappa shape index (κ2) is 7.21. The van der Waals surface area contributed by atoms with Crippen LogP contribution in [0.1, 0.15) is 29.7 Å². The Morgan fingerprint density at radius 1 is 1.27 bits per heavy atom. The zero-order valence-electron chi connectivity index (χ0n) is 14.1. The lowest BCUT2D eigenvalue weighted by atomic mass is 9.97. The predicted molar refractivity (Wildman–Crippen MR) is 105 cm³/mol. The van der Waals surface area contributed by atoms with E-state index in [1.165, 1.54) is 21.4 Å². The van der Waals surface area contributed by atoms with Gasteiger partial charge < -0.3 is 5.32 Å². The van der Waals surface area contributed by atoms with Crippen molar-refractivity contribution in [2.75, 3.05) is 5.32 Å². The number of amides is 1. The standard InChI is InChI=1S/C19H18ClN3O2S/c20-13-6-2-3-7-14(13)22-16(24)9-10-23-11-21-18-17(19(23)25)12-5-1-4-8-15(12)26-18/h2-3,6-7,11H,1,4-5,8-10H2,(H,22,24). The molecule has 2 aromatic heterocycles. The Kier molecular flexibility index (Phi) is 4.78. The fourth-order valence-corrected chi connectivity index (χ4v) is 4.74. The van der Waals surface area contributed by atoms with Crippen molar-refractivity contribution in [3.8, 4) is 0 Å². The van der Waals surface area contributed by atoms with Gasteiger partial charge in [-0.3, -0.25) is 14.2 Å². The van der Waals surface area contributed by atoms with E-state index in [2.05, 4.69) is 10.3 Å². The van der Waals surface area contributed by atoms with Crippen molar-refractivity contribution >= 4 is 44.7 Å². The molecule has 0 aliphatic heterocycles. The quantitative estimate of drug-likeness (QED) is 0.735. The lowest BCUT2D eigenvalue weighted by Crippen LogP contribution is -2.24. The number of aryl methyl sites for hydroxylation is 3. The highest BCUT2D eigenvalue weighted by Crippen LogP contribution is 2.33. The van der Waals surface area contributed by atoms with Gasteiger partial charge in [0.25, 0.3) is 5.56 Å². The number of rotatable bonds is 4. The summed E-state index contributed by atoms with van der Waals surface area (Å²) in [6.45, 7) is 0.294. The van der Waals surface area contributed by atoms with Gasteiger partial charge in [-0.2, -0.15) is 0 Å². The maximum Gasteiger partial charge on any atom is 0.262 e. The molecule has 0 saturated carbocycles. The minimum atomic E-state index is -0.183. The molecule has 2 heterocycles. The summed E-state index contributed by atoms with van der Waals surface area (Å²) in [7, 11) is 0. The van der Waals surface area contributed by atoms with Crippen LogP contribution < -0.4 is 10.9 Å². The van der Waals surface area contributed by atoms with Crippen molar-refractivity contribution in [2.45, 2.75) is 38.6 Å². The normalized spacial score (nSPS) is 13.6. The van der Waals surface area contributed by atoms with Crippen LogP contribution in [0.2, 0.25) is 5.02 Å². The highest BCUT2D eigenvalue weighted by molar-refractivity contribution is 7.18. The number of benzene rings is 1. The van der Waals surface area contributed by atoms with Crippen molar-refractivity contribution in [3.05, 3.63) is 56.4 Å². The fraction of sp³-hybridized carbons (Fsp3) is 0.316. The molecule has 5 nitrogen and oxygen atoms in total. The lowest BCUT2D eigenvalue weighted by molar-refractivity contribution is -0.116. The topological polar surface area (TPSA) is 64.0 Å². The molecule has 1 aliphatic carbocycles. The maximum atomic E-state index is 12.9. The second-order valence-corrected chi connectivity index (χ2v) is 7.90. The van der Waals surface area contributed by atoms with Gasteiger partial charge in [-0.15, -0.1) is 11.3 Å². The molecule has 26 heavy (non-hydrogen) atoms. The monoisotopic (exact) mass is 387 g/mol. The van der Waals surface area contributed by atoms with Crippen molar-refractivity contribution in [3.63, 3.8) is 0 Å². The number of carbonyl (C=O) groups is 1. The highest BCUT2D eigenvalue weighted by atomic mass is 35.5. The average molecular weight is 388 g/mol. The molecule has 0 unspecified atom stereocenters. The van der Waals surface area contributed by atoms with Crippen LogP contribution in [0.15, 0.2) is 35.4 Å². The number of hydrogen-bond donors (Lipinski definition) is 1. The second-order valence-electron chi connectivity index (χ2n) is 6.41. The van der Waals surface area contributed by atoms with E-state index in [1.54, 1.807) is 35.9 Å². The molecule has 3 aromatic rings. The van der Waals surface area contributed by atoms with E-state index in [4.69, 9.17) is 11.6 Å². The van der Waals surface area contributed by atoms with Crippen LogP contribution >= 0.6 is 22.9 Å². The highest BCUT2D eigenvalue weighted by Gasteiger charge is 2.20. The molecule has 1 aliphatic rings. The van der Waals surface area contributed by atoms with Gasteiger partial charge in [-0.1, -0.05) is 23.7 Å². The van der Waals surface area contributed by atoms with Crippen molar-refractivity contribution in [1.82, 2.24) is 9.55 Å². The predicted octanol–water partition coefficient (Wildman–Crippen LogP) is 4.02. The Hall–Kier alpha value is -2.18. The van der Waals surface area contributed by atoms with Gasteiger partial charge in [0, 0.05) is 17.8 Å². The number of anilines is 1. The van der Waals surface area contributed by atoms with Crippen LogP contribution in [-0.2, 0) is 24.2 Å². The van der Waals surface area contributed by atoms with Crippen molar-refractivity contribution in [1.29, 1.82) is 0 Å². The summed E-state index contributed by atoms with van der Waals surface area (Å²) in [5.41, 5.74) is 1.70. The molecular formula is C19H18ClN3O2S. The van der Waals surface area contributed by atoms with Crippen LogP contribution in [0, 0.1) is 0 Å². The first kappa shape index (κ1) is 17.2.